The van der Waals surface area contributed by atoms with E-state index in [2.05, 4.69) is 6.92 Å². The van der Waals surface area contributed by atoms with Crippen molar-refractivity contribution in [2.24, 2.45) is 5.92 Å². The van der Waals surface area contributed by atoms with Crippen molar-refractivity contribution in [1.82, 2.24) is 9.21 Å². The van der Waals surface area contributed by atoms with Crippen LogP contribution < -0.4 is 0 Å². The first-order chi connectivity index (χ1) is 12.8. The number of ketones is 1. The van der Waals surface area contributed by atoms with Crippen molar-refractivity contribution >= 4 is 21.7 Å². The van der Waals surface area contributed by atoms with Crippen LogP contribution in [0.3, 0.4) is 0 Å². The molecule has 1 aromatic rings. The Balaban J connectivity index is 1.85. The van der Waals surface area contributed by atoms with Crippen LogP contribution in [-0.4, -0.2) is 55.0 Å². The predicted octanol–water partition coefficient (Wildman–Crippen LogP) is 2.69. The van der Waals surface area contributed by atoms with Crippen LogP contribution in [0.5, 0.6) is 0 Å². The van der Waals surface area contributed by atoms with Gasteiger partial charge in [0, 0.05) is 25.2 Å². The molecule has 2 saturated heterocycles. The van der Waals surface area contributed by atoms with E-state index in [1.54, 1.807) is 0 Å². The molecule has 0 spiro atoms. The van der Waals surface area contributed by atoms with Crippen molar-refractivity contribution < 1.29 is 18.0 Å². The van der Waals surface area contributed by atoms with Crippen LogP contribution in [0.25, 0.3) is 0 Å². The van der Waals surface area contributed by atoms with Crippen molar-refractivity contribution in [3.63, 3.8) is 0 Å². The maximum atomic E-state index is 13.2. The molecule has 1 aromatic carbocycles. The number of hydrogen-bond acceptors (Lipinski definition) is 4. The van der Waals surface area contributed by atoms with E-state index in [0.29, 0.717) is 37.5 Å². The third-order valence-electron chi connectivity index (χ3n) is 5.57. The molecule has 2 unspecified atom stereocenters. The molecule has 0 bridgehead atoms. The van der Waals surface area contributed by atoms with E-state index in [9.17, 15) is 18.0 Å². The lowest BCUT2D eigenvalue weighted by molar-refractivity contribution is -0.138. The van der Waals surface area contributed by atoms with Crippen LogP contribution >= 0.6 is 0 Å². The molecule has 6 nitrogen and oxygen atoms in total. The van der Waals surface area contributed by atoms with Crippen LogP contribution in [0.4, 0.5) is 0 Å². The minimum absolute atomic E-state index is 0.0646. The van der Waals surface area contributed by atoms with Crippen molar-refractivity contribution in [3.05, 3.63) is 29.8 Å². The Morgan fingerprint density at radius 2 is 1.70 bits per heavy atom. The highest BCUT2D eigenvalue weighted by atomic mass is 32.2. The molecule has 2 fully saturated rings. The van der Waals surface area contributed by atoms with Crippen LogP contribution in [0, 0.1) is 5.92 Å². The maximum Gasteiger partial charge on any atom is 0.243 e. The Hall–Kier alpha value is -1.73. The molecule has 7 heteroatoms. The molecule has 0 aliphatic carbocycles. The zero-order valence-electron chi connectivity index (χ0n) is 16.1. The summed E-state index contributed by atoms with van der Waals surface area (Å²) in [6, 6.07) is 5.36. The maximum absolute atomic E-state index is 13.2. The van der Waals surface area contributed by atoms with Gasteiger partial charge in [0.15, 0.2) is 5.78 Å². The number of rotatable bonds is 4. The van der Waals surface area contributed by atoms with E-state index in [4.69, 9.17) is 0 Å². The fraction of sp³-hybridized carbons (Fsp3) is 0.600. The van der Waals surface area contributed by atoms with Crippen molar-refractivity contribution in [1.29, 1.82) is 0 Å². The van der Waals surface area contributed by atoms with Gasteiger partial charge in [0.05, 0.1) is 4.90 Å². The second-order valence-electron chi connectivity index (χ2n) is 7.74. The number of piperidine rings is 2. The van der Waals surface area contributed by atoms with E-state index in [1.807, 2.05) is 4.90 Å². The minimum atomic E-state index is -3.78. The molecular formula is C20H28N2O4S. The van der Waals surface area contributed by atoms with Gasteiger partial charge < -0.3 is 4.90 Å². The number of benzene rings is 1. The molecule has 3 rings (SSSR count). The Morgan fingerprint density at radius 1 is 1.00 bits per heavy atom. The zero-order chi connectivity index (χ0) is 19.6. The van der Waals surface area contributed by atoms with Crippen molar-refractivity contribution in [2.45, 2.75) is 56.9 Å². The van der Waals surface area contributed by atoms with Gasteiger partial charge in [-0.25, -0.2) is 8.42 Å². The second-order valence-corrected chi connectivity index (χ2v) is 9.63. The minimum Gasteiger partial charge on any atom is -0.341 e. The summed E-state index contributed by atoms with van der Waals surface area (Å²) in [5, 5.41) is 0. The van der Waals surface area contributed by atoms with Crippen LogP contribution in [0.15, 0.2) is 29.2 Å². The van der Waals surface area contributed by atoms with Gasteiger partial charge in [-0.2, -0.15) is 4.31 Å². The van der Waals surface area contributed by atoms with Gasteiger partial charge in [-0.1, -0.05) is 25.5 Å². The molecule has 0 N–H and O–H groups in total. The van der Waals surface area contributed by atoms with Gasteiger partial charge in [-0.15, -0.1) is 0 Å². The summed E-state index contributed by atoms with van der Waals surface area (Å²) in [4.78, 5) is 26.5. The third-order valence-corrected chi connectivity index (χ3v) is 7.50. The monoisotopic (exact) mass is 392 g/mol. The highest BCUT2D eigenvalue weighted by Gasteiger charge is 2.40. The third kappa shape index (κ3) is 4.24. The number of Topliss-reactive ketones (excluding diaryl/α,β-unsaturated/α-hetero) is 1. The largest absolute Gasteiger partial charge is 0.341 e. The Labute approximate surface area is 161 Å². The molecule has 2 aliphatic heterocycles. The average Bonchev–Trinajstić information content (AvgIpc) is 2.67. The Kier molecular flexibility index (Phi) is 6.01. The first kappa shape index (κ1) is 20.0. The van der Waals surface area contributed by atoms with Crippen LogP contribution in [0.1, 0.15) is 56.3 Å². The van der Waals surface area contributed by atoms with Crippen molar-refractivity contribution in [3.8, 4) is 0 Å². The molecule has 0 aromatic heterocycles. The fourth-order valence-electron chi connectivity index (χ4n) is 4.04. The topological polar surface area (TPSA) is 74.8 Å². The highest BCUT2D eigenvalue weighted by molar-refractivity contribution is 7.89. The number of amides is 1. The lowest BCUT2D eigenvalue weighted by atomic mass is 9.98. The smallest absolute Gasteiger partial charge is 0.243 e. The number of carbonyl (C=O) groups excluding carboxylic acids is 2. The van der Waals surface area contributed by atoms with Gasteiger partial charge in [0.25, 0.3) is 0 Å². The molecule has 2 aliphatic rings. The fourth-order valence-corrected chi connectivity index (χ4v) is 5.69. The lowest BCUT2D eigenvalue weighted by Gasteiger charge is -2.39. The quantitative estimate of drug-likeness (QED) is 0.739. The molecule has 148 valence electrons. The van der Waals surface area contributed by atoms with Crippen molar-refractivity contribution in [2.75, 3.05) is 19.6 Å². The normalized spacial score (nSPS) is 24.6. The van der Waals surface area contributed by atoms with E-state index in [0.717, 1.165) is 25.7 Å². The number of likely N-dealkylation sites (tertiary alicyclic amines) is 1. The molecular weight excluding hydrogens is 364 g/mol. The number of carbonyl (C=O) groups is 2. The van der Waals surface area contributed by atoms with Gasteiger partial charge in [0.1, 0.15) is 6.04 Å². The summed E-state index contributed by atoms with van der Waals surface area (Å²) in [7, 11) is -3.78. The first-order valence-electron chi connectivity index (χ1n) is 9.72. The SMILES string of the molecule is CC(=O)c1ccc(S(=O)(=O)N2CCCCC2C(=O)N2CCCC(C)C2)cc1. The lowest BCUT2D eigenvalue weighted by Crippen LogP contribution is -2.54. The highest BCUT2D eigenvalue weighted by Crippen LogP contribution is 2.28. The zero-order valence-corrected chi connectivity index (χ0v) is 16.9. The molecule has 0 radical (unpaired) electrons. The van der Waals surface area contributed by atoms with Gasteiger partial charge in [-0.3, -0.25) is 9.59 Å². The van der Waals surface area contributed by atoms with Gasteiger partial charge >= 0.3 is 0 Å². The molecule has 2 atom stereocenters. The molecule has 0 saturated carbocycles. The van der Waals surface area contributed by atoms with E-state index in [-0.39, 0.29) is 16.6 Å². The van der Waals surface area contributed by atoms with E-state index in [1.165, 1.54) is 35.5 Å². The summed E-state index contributed by atoms with van der Waals surface area (Å²) in [5.74, 6) is 0.282. The summed E-state index contributed by atoms with van der Waals surface area (Å²) in [6.45, 7) is 5.35. The standard InChI is InChI=1S/C20H28N2O4S/c1-15-6-5-12-21(14-15)20(24)19-7-3-4-13-22(19)27(25,26)18-10-8-17(9-11-18)16(2)23/h8-11,15,19H,3-7,12-14H2,1-2H3. The second kappa shape index (κ2) is 8.10. The van der Waals surface area contributed by atoms with Crippen LogP contribution in [-0.2, 0) is 14.8 Å². The summed E-state index contributed by atoms with van der Waals surface area (Å²) >= 11 is 0. The molecule has 2 heterocycles. The Bertz CT molecular complexity index is 804. The number of nitrogens with zero attached hydrogens (tertiary/aromatic N) is 2. The summed E-state index contributed by atoms with van der Waals surface area (Å²) < 4.78 is 27.8. The van der Waals surface area contributed by atoms with E-state index < -0.39 is 16.1 Å². The molecule has 27 heavy (non-hydrogen) atoms. The average molecular weight is 393 g/mol. The Morgan fingerprint density at radius 3 is 2.33 bits per heavy atom. The predicted molar refractivity (Wildman–Crippen MR) is 103 cm³/mol. The summed E-state index contributed by atoms with van der Waals surface area (Å²) in [5.41, 5.74) is 0.475. The summed E-state index contributed by atoms with van der Waals surface area (Å²) in [6.07, 6.45) is 4.26. The number of sulfonamides is 1. The molecule has 1 amide bonds. The first-order valence-corrected chi connectivity index (χ1v) is 11.2. The van der Waals surface area contributed by atoms with Gasteiger partial charge in [0.2, 0.25) is 15.9 Å². The van der Waals surface area contributed by atoms with E-state index >= 15 is 0 Å². The van der Waals surface area contributed by atoms with Crippen LogP contribution in [0.2, 0.25) is 0 Å². The number of hydrogen-bond donors (Lipinski definition) is 0. The van der Waals surface area contributed by atoms with Gasteiger partial charge in [-0.05, 0) is 50.7 Å².